The molecule has 0 spiro atoms. The lowest BCUT2D eigenvalue weighted by Crippen LogP contribution is -2.31. The monoisotopic (exact) mass is 388 g/mol. The number of carbonyl (C=O) groups is 1. The normalized spacial score (nSPS) is 15.4. The SMILES string of the molecule is CCCCOC[C@@H](O)/C(=C\[C@@H](OCCCC)C(C)OCCCC)OC(C)=O. The number of unbranched alkanes of at least 4 members (excludes halogenated alkanes) is 3. The molecule has 0 amide bonds. The van der Waals surface area contributed by atoms with Crippen LogP contribution >= 0.6 is 0 Å². The number of esters is 1. The van der Waals surface area contributed by atoms with Crippen LogP contribution in [0.25, 0.3) is 0 Å². The Morgan fingerprint density at radius 2 is 1.52 bits per heavy atom. The fourth-order valence-electron chi connectivity index (χ4n) is 2.26. The Labute approximate surface area is 165 Å². The second kappa shape index (κ2) is 17.2. The molecule has 0 aromatic heterocycles. The molecular formula is C21H40O6. The van der Waals surface area contributed by atoms with Crippen LogP contribution in [0.1, 0.15) is 73.1 Å². The topological polar surface area (TPSA) is 74.2 Å². The molecule has 0 bridgehead atoms. The van der Waals surface area contributed by atoms with Gasteiger partial charge in [0.25, 0.3) is 0 Å². The predicted molar refractivity (Wildman–Crippen MR) is 107 cm³/mol. The molecule has 160 valence electrons. The summed E-state index contributed by atoms with van der Waals surface area (Å²) < 4.78 is 22.5. The summed E-state index contributed by atoms with van der Waals surface area (Å²) >= 11 is 0. The molecule has 27 heavy (non-hydrogen) atoms. The van der Waals surface area contributed by atoms with Gasteiger partial charge in [-0.15, -0.1) is 0 Å². The van der Waals surface area contributed by atoms with Crippen LogP contribution in [0.3, 0.4) is 0 Å². The molecule has 6 nitrogen and oxygen atoms in total. The van der Waals surface area contributed by atoms with Crippen LogP contribution in [0.4, 0.5) is 0 Å². The number of aliphatic hydroxyl groups excluding tert-OH is 1. The van der Waals surface area contributed by atoms with Crippen molar-refractivity contribution in [3.05, 3.63) is 11.8 Å². The van der Waals surface area contributed by atoms with E-state index in [1.54, 1.807) is 6.08 Å². The molecule has 0 aliphatic carbocycles. The van der Waals surface area contributed by atoms with E-state index in [1.807, 2.05) is 6.92 Å². The second-order valence-corrected chi connectivity index (χ2v) is 6.73. The van der Waals surface area contributed by atoms with Crippen molar-refractivity contribution in [1.29, 1.82) is 0 Å². The highest BCUT2D eigenvalue weighted by Crippen LogP contribution is 2.15. The van der Waals surface area contributed by atoms with Gasteiger partial charge in [0.1, 0.15) is 18.0 Å². The lowest BCUT2D eigenvalue weighted by Gasteiger charge is -2.24. The van der Waals surface area contributed by atoms with Crippen molar-refractivity contribution in [2.75, 3.05) is 26.4 Å². The quantitative estimate of drug-likeness (QED) is 0.231. The van der Waals surface area contributed by atoms with Gasteiger partial charge in [-0.05, 0) is 32.3 Å². The molecule has 0 heterocycles. The molecule has 0 rings (SSSR count). The van der Waals surface area contributed by atoms with Crippen LogP contribution in [-0.2, 0) is 23.7 Å². The van der Waals surface area contributed by atoms with Gasteiger partial charge in [0.05, 0.1) is 12.7 Å². The number of carbonyl (C=O) groups excluding carboxylic acids is 1. The zero-order chi connectivity index (χ0) is 20.5. The third-order valence-corrected chi connectivity index (χ3v) is 3.99. The van der Waals surface area contributed by atoms with Crippen LogP contribution < -0.4 is 0 Å². The van der Waals surface area contributed by atoms with E-state index in [1.165, 1.54) is 6.92 Å². The van der Waals surface area contributed by atoms with E-state index in [0.717, 1.165) is 38.5 Å². The first-order chi connectivity index (χ1) is 13.0. The standard InChI is InChI=1S/C21H40O6/c1-6-9-12-24-16-19(23)21(27-18(5)22)15-20(26-14-11-8-3)17(4)25-13-10-7-2/h15,17,19-20,23H,6-14,16H2,1-5H3/b21-15+/t17?,19-,20-/m1/s1. The summed E-state index contributed by atoms with van der Waals surface area (Å²) in [5.41, 5.74) is 0. The highest BCUT2D eigenvalue weighted by molar-refractivity contribution is 5.67. The number of ether oxygens (including phenoxy) is 4. The zero-order valence-corrected chi connectivity index (χ0v) is 17.9. The van der Waals surface area contributed by atoms with E-state index >= 15 is 0 Å². The highest BCUT2D eigenvalue weighted by atomic mass is 16.6. The van der Waals surface area contributed by atoms with E-state index in [4.69, 9.17) is 18.9 Å². The average molecular weight is 389 g/mol. The smallest absolute Gasteiger partial charge is 0.307 e. The molecule has 0 fully saturated rings. The molecular weight excluding hydrogens is 348 g/mol. The van der Waals surface area contributed by atoms with E-state index in [0.29, 0.717) is 19.8 Å². The molecule has 0 aromatic rings. The fourth-order valence-corrected chi connectivity index (χ4v) is 2.26. The molecule has 0 saturated carbocycles. The number of rotatable bonds is 17. The van der Waals surface area contributed by atoms with Gasteiger partial charge in [0.2, 0.25) is 0 Å². The van der Waals surface area contributed by atoms with Gasteiger partial charge in [-0.2, -0.15) is 0 Å². The second-order valence-electron chi connectivity index (χ2n) is 6.73. The third-order valence-electron chi connectivity index (χ3n) is 3.99. The van der Waals surface area contributed by atoms with Gasteiger partial charge in [-0.25, -0.2) is 0 Å². The minimum absolute atomic E-state index is 0.0753. The zero-order valence-electron chi connectivity index (χ0n) is 17.9. The molecule has 6 heteroatoms. The first-order valence-electron chi connectivity index (χ1n) is 10.3. The van der Waals surface area contributed by atoms with Crippen molar-refractivity contribution in [1.82, 2.24) is 0 Å². The summed E-state index contributed by atoms with van der Waals surface area (Å²) in [6.45, 7) is 11.4. The Morgan fingerprint density at radius 1 is 0.963 bits per heavy atom. The van der Waals surface area contributed by atoms with Gasteiger partial charge in [0, 0.05) is 26.7 Å². The lowest BCUT2D eigenvalue weighted by molar-refractivity contribution is -0.139. The van der Waals surface area contributed by atoms with Gasteiger partial charge < -0.3 is 24.1 Å². The molecule has 3 atom stereocenters. The summed E-state index contributed by atoms with van der Waals surface area (Å²) in [7, 11) is 0. The summed E-state index contributed by atoms with van der Waals surface area (Å²) in [6, 6.07) is 0. The minimum atomic E-state index is -1.02. The lowest BCUT2D eigenvalue weighted by atomic mass is 10.1. The van der Waals surface area contributed by atoms with Gasteiger partial charge in [-0.3, -0.25) is 4.79 Å². The molecule has 0 radical (unpaired) electrons. The minimum Gasteiger partial charge on any atom is -0.429 e. The maximum atomic E-state index is 11.5. The Bertz CT molecular complexity index is 396. The van der Waals surface area contributed by atoms with Crippen molar-refractivity contribution < 1.29 is 28.8 Å². The van der Waals surface area contributed by atoms with Gasteiger partial charge in [0.15, 0.2) is 0 Å². The summed E-state index contributed by atoms with van der Waals surface area (Å²) in [5, 5.41) is 10.4. The Hall–Kier alpha value is -0.950. The summed E-state index contributed by atoms with van der Waals surface area (Å²) in [4.78, 5) is 11.5. The van der Waals surface area contributed by atoms with Crippen molar-refractivity contribution in [2.45, 2.75) is 91.5 Å². The number of hydrogen-bond donors (Lipinski definition) is 1. The molecule has 0 saturated heterocycles. The van der Waals surface area contributed by atoms with Crippen LogP contribution in [0.15, 0.2) is 11.8 Å². The first-order valence-corrected chi connectivity index (χ1v) is 10.3. The average Bonchev–Trinajstić information content (AvgIpc) is 2.63. The molecule has 0 aliphatic rings. The van der Waals surface area contributed by atoms with E-state index < -0.39 is 18.2 Å². The van der Waals surface area contributed by atoms with Crippen LogP contribution in [0.2, 0.25) is 0 Å². The van der Waals surface area contributed by atoms with Crippen molar-refractivity contribution in [3.8, 4) is 0 Å². The summed E-state index contributed by atoms with van der Waals surface area (Å²) in [5.74, 6) is -0.327. The molecule has 1 N–H and O–H groups in total. The Balaban J connectivity index is 5.09. The van der Waals surface area contributed by atoms with Crippen molar-refractivity contribution in [3.63, 3.8) is 0 Å². The number of hydrogen-bond acceptors (Lipinski definition) is 6. The third kappa shape index (κ3) is 13.8. The van der Waals surface area contributed by atoms with Crippen LogP contribution in [0.5, 0.6) is 0 Å². The largest absolute Gasteiger partial charge is 0.429 e. The van der Waals surface area contributed by atoms with E-state index in [-0.39, 0.29) is 18.5 Å². The summed E-state index contributed by atoms with van der Waals surface area (Å²) in [6.07, 6.45) is 5.92. The molecule has 0 aromatic carbocycles. The van der Waals surface area contributed by atoms with Crippen molar-refractivity contribution in [2.24, 2.45) is 0 Å². The first kappa shape index (κ1) is 26.1. The predicted octanol–water partition coefficient (Wildman–Crippen LogP) is 4.00. The van der Waals surface area contributed by atoms with Crippen LogP contribution in [-0.4, -0.2) is 55.8 Å². The Morgan fingerprint density at radius 3 is 2.07 bits per heavy atom. The fraction of sp³-hybridized carbons (Fsp3) is 0.857. The highest BCUT2D eigenvalue weighted by Gasteiger charge is 2.22. The Kier molecular flexibility index (Phi) is 16.6. The molecule has 0 aliphatic heterocycles. The number of aliphatic hydroxyl groups is 1. The van der Waals surface area contributed by atoms with Crippen LogP contribution in [0, 0.1) is 0 Å². The van der Waals surface area contributed by atoms with Crippen molar-refractivity contribution >= 4 is 5.97 Å². The molecule has 1 unspecified atom stereocenters. The van der Waals surface area contributed by atoms with Gasteiger partial charge >= 0.3 is 5.97 Å². The van der Waals surface area contributed by atoms with E-state index in [2.05, 4.69) is 20.8 Å². The maximum Gasteiger partial charge on any atom is 0.307 e. The van der Waals surface area contributed by atoms with E-state index in [9.17, 15) is 9.90 Å². The van der Waals surface area contributed by atoms with Gasteiger partial charge in [-0.1, -0.05) is 40.0 Å². The maximum absolute atomic E-state index is 11.5.